The van der Waals surface area contributed by atoms with Crippen LogP contribution < -0.4 is 11.2 Å². The van der Waals surface area contributed by atoms with Crippen molar-refractivity contribution in [1.82, 2.24) is 9.97 Å². The van der Waals surface area contributed by atoms with Crippen LogP contribution in [0.15, 0.2) is 15.8 Å². The number of H-pyrrole nitrogens is 2. The largest absolute Gasteiger partial charge is 0.479 e. The molecule has 0 aliphatic carbocycles. The summed E-state index contributed by atoms with van der Waals surface area (Å²) in [6.45, 7) is -0.755. The smallest absolute Gasteiger partial charge is 0.343 e. The molecule has 20 heavy (non-hydrogen) atoms. The monoisotopic (exact) mass is 288 g/mol. The van der Waals surface area contributed by atoms with Crippen LogP contribution in [0.1, 0.15) is 5.56 Å². The van der Waals surface area contributed by atoms with Crippen LogP contribution in [-0.4, -0.2) is 61.3 Å². The fourth-order valence-electron chi connectivity index (χ4n) is 2.17. The van der Waals surface area contributed by atoms with E-state index in [0.29, 0.717) is 0 Å². The summed E-state index contributed by atoms with van der Waals surface area (Å²) in [4.78, 5) is 38.0. The minimum atomic E-state index is -2.58. The van der Waals surface area contributed by atoms with Gasteiger partial charge in [-0.2, -0.15) is 0 Å². The number of nitrogens with one attached hydrogen (secondary N) is 2. The van der Waals surface area contributed by atoms with E-state index in [9.17, 15) is 29.7 Å². The molecule has 2 heterocycles. The van der Waals surface area contributed by atoms with Gasteiger partial charge in [0.25, 0.3) is 5.56 Å². The first-order valence-electron chi connectivity index (χ1n) is 5.55. The molecule has 0 unspecified atom stereocenters. The second-order valence-corrected chi connectivity index (χ2v) is 4.30. The van der Waals surface area contributed by atoms with Gasteiger partial charge in [-0.1, -0.05) is 0 Å². The predicted octanol–water partition coefficient (Wildman–Crippen LogP) is -3.54. The van der Waals surface area contributed by atoms with E-state index in [4.69, 9.17) is 9.84 Å². The van der Waals surface area contributed by atoms with Crippen molar-refractivity contribution in [3.8, 4) is 0 Å². The highest BCUT2D eigenvalue weighted by atomic mass is 16.6. The molecule has 2 rings (SSSR count). The molecule has 1 fully saturated rings. The average molecular weight is 288 g/mol. The van der Waals surface area contributed by atoms with Gasteiger partial charge in [-0.05, 0) is 0 Å². The van der Waals surface area contributed by atoms with Crippen molar-refractivity contribution >= 4 is 5.97 Å². The third-order valence-corrected chi connectivity index (χ3v) is 3.18. The number of aliphatic hydroxyl groups is 3. The molecule has 0 saturated carbocycles. The van der Waals surface area contributed by atoms with Crippen molar-refractivity contribution in [2.75, 3.05) is 6.61 Å². The predicted molar refractivity (Wildman–Crippen MR) is 61.0 cm³/mol. The standard InChI is InChI=1S/C10H12N2O8/c13-2-4-5(14)6(15)10(20-4,8(17)18)3-1-11-9(19)12-7(3)16/h1,4-6,13-15H,2H2,(H,17,18)(H2,11,12,16,19)/t4-,5-,6-,10+/m1/s1. The maximum atomic E-state index is 11.7. The minimum absolute atomic E-state index is 0.591. The van der Waals surface area contributed by atoms with Crippen molar-refractivity contribution in [3.05, 3.63) is 32.6 Å². The highest BCUT2D eigenvalue weighted by Gasteiger charge is 2.61. The molecule has 1 aromatic heterocycles. The molecular weight excluding hydrogens is 276 g/mol. The van der Waals surface area contributed by atoms with Crippen LogP contribution in [0.2, 0.25) is 0 Å². The van der Waals surface area contributed by atoms with E-state index < -0.39 is 53.3 Å². The lowest BCUT2D eigenvalue weighted by Gasteiger charge is -2.26. The number of rotatable bonds is 3. The Bertz CT molecular complexity index is 637. The molecule has 0 aromatic carbocycles. The number of aromatic amines is 2. The Balaban J connectivity index is 2.65. The van der Waals surface area contributed by atoms with Gasteiger partial charge in [-0.15, -0.1) is 0 Å². The van der Waals surface area contributed by atoms with Gasteiger partial charge in [-0.3, -0.25) is 9.78 Å². The van der Waals surface area contributed by atoms with Crippen LogP contribution >= 0.6 is 0 Å². The zero-order valence-electron chi connectivity index (χ0n) is 9.94. The lowest BCUT2D eigenvalue weighted by Crippen LogP contribution is -2.51. The molecule has 0 spiro atoms. The number of hydrogen-bond acceptors (Lipinski definition) is 7. The van der Waals surface area contributed by atoms with Gasteiger partial charge in [0.15, 0.2) is 0 Å². The van der Waals surface area contributed by atoms with Crippen LogP contribution in [0, 0.1) is 0 Å². The Morgan fingerprint density at radius 1 is 1.40 bits per heavy atom. The lowest BCUT2D eigenvalue weighted by atomic mass is 9.88. The summed E-state index contributed by atoms with van der Waals surface area (Å²) in [5.74, 6) is -1.74. The fourth-order valence-corrected chi connectivity index (χ4v) is 2.17. The van der Waals surface area contributed by atoms with Gasteiger partial charge < -0.3 is 30.1 Å². The summed E-state index contributed by atoms with van der Waals surface area (Å²) in [5.41, 5.74) is -5.12. The van der Waals surface area contributed by atoms with Gasteiger partial charge in [0, 0.05) is 6.20 Å². The Kier molecular flexibility index (Phi) is 3.48. The Hall–Kier alpha value is -2.01. The summed E-state index contributed by atoms with van der Waals surface area (Å²) >= 11 is 0. The molecule has 0 radical (unpaired) electrons. The van der Waals surface area contributed by atoms with Crippen molar-refractivity contribution in [3.63, 3.8) is 0 Å². The third kappa shape index (κ3) is 1.86. The van der Waals surface area contributed by atoms with Crippen molar-refractivity contribution in [2.45, 2.75) is 23.9 Å². The first kappa shape index (κ1) is 14.4. The maximum Gasteiger partial charge on any atom is 0.343 e. The summed E-state index contributed by atoms with van der Waals surface area (Å²) in [5, 5.41) is 37.9. The second kappa shape index (κ2) is 4.83. The van der Waals surface area contributed by atoms with Gasteiger partial charge in [0.2, 0.25) is 5.60 Å². The summed E-state index contributed by atoms with van der Waals surface area (Å²) in [6.07, 6.45) is -4.30. The molecule has 0 bridgehead atoms. The van der Waals surface area contributed by atoms with E-state index >= 15 is 0 Å². The maximum absolute atomic E-state index is 11.7. The SMILES string of the molecule is O=C(O)[C@@]1(c2c[nH]c(=O)[nH]c2=O)O[C@H](CO)[C@@H](O)[C@H]1O. The van der Waals surface area contributed by atoms with E-state index in [2.05, 4.69) is 4.98 Å². The number of ether oxygens (including phenoxy) is 1. The second-order valence-electron chi connectivity index (χ2n) is 4.30. The van der Waals surface area contributed by atoms with Crippen LogP contribution in [0.5, 0.6) is 0 Å². The first-order chi connectivity index (χ1) is 9.34. The quantitative estimate of drug-likeness (QED) is 0.331. The third-order valence-electron chi connectivity index (χ3n) is 3.18. The number of hydrogen-bond donors (Lipinski definition) is 6. The normalized spacial score (nSPS) is 33.2. The van der Waals surface area contributed by atoms with Crippen LogP contribution in [0.4, 0.5) is 0 Å². The molecule has 4 atom stereocenters. The molecule has 110 valence electrons. The van der Waals surface area contributed by atoms with Crippen LogP contribution in [-0.2, 0) is 15.1 Å². The van der Waals surface area contributed by atoms with Crippen molar-refractivity contribution < 1.29 is 30.0 Å². The van der Waals surface area contributed by atoms with Crippen LogP contribution in [0.25, 0.3) is 0 Å². The van der Waals surface area contributed by atoms with Crippen molar-refractivity contribution in [2.24, 2.45) is 0 Å². The number of aromatic nitrogens is 2. The fraction of sp³-hybridized carbons (Fsp3) is 0.500. The summed E-state index contributed by atoms with van der Waals surface area (Å²) < 4.78 is 5.00. The zero-order chi connectivity index (χ0) is 15.1. The van der Waals surface area contributed by atoms with Gasteiger partial charge in [0.1, 0.15) is 18.3 Å². The van der Waals surface area contributed by atoms with Crippen LogP contribution in [0.3, 0.4) is 0 Å². The van der Waals surface area contributed by atoms with E-state index in [1.807, 2.05) is 0 Å². The number of carboxylic acid groups (broad SMARTS) is 1. The minimum Gasteiger partial charge on any atom is -0.479 e. The molecule has 1 aliphatic rings. The van der Waals surface area contributed by atoms with E-state index in [1.54, 1.807) is 4.98 Å². The van der Waals surface area contributed by atoms with E-state index in [1.165, 1.54) is 0 Å². The Morgan fingerprint density at radius 3 is 2.50 bits per heavy atom. The van der Waals surface area contributed by atoms with Crippen molar-refractivity contribution in [1.29, 1.82) is 0 Å². The number of aliphatic carboxylic acids is 1. The van der Waals surface area contributed by atoms with E-state index in [0.717, 1.165) is 6.20 Å². The molecule has 1 aromatic rings. The highest BCUT2D eigenvalue weighted by Crippen LogP contribution is 2.38. The number of carbonyl (C=O) groups is 1. The Labute approximate surface area is 110 Å². The number of carboxylic acids is 1. The molecule has 1 aliphatic heterocycles. The first-order valence-corrected chi connectivity index (χ1v) is 5.55. The average Bonchev–Trinajstić information content (AvgIpc) is 2.64. The van der Waals surface area contributed by atoms with Gasteiger partial charge >= 0.3 is 11.7 Å². The van der Waals surface area contributed by atoms with E-state index in [-0.39, 0.29) is 0 Å². The highest BCUT2D eigenvalue weighted by molar-refractivity contribution is 5.81. The topological polar surface area (TPSA) is 173 Å². The number of aliphatic hydroxyl groups excluding tert-OH is 3. The molecule has 0 amide bonds. The summed E-state index contributed by atoms with van der Waals surface area (Å²) in [7, 11) is 0. The van der Waals surface area contributed by atoms with Gasteiger partial charge in [0.05, 0.1) is 12.2 Å². The molecule has 1 saturated heterocycles. The molecular formula is C10H12N2O8. The summed E-state index contributed by atoms with van der Waals surface area (Å²) in [6, 6.07) is 0. The molecule has 10 heteroatoms. The lowest BCUT2D eigenvalue weighted by molar-refractivity contribution is -0.176. The zero-order valence-corrected chi connectivity index (χ0v) is 9.94. The van der Waals surface area contributed by atoms with Gasteiger partial charge in [-0.25, -0.2) is 9.59 Å². The Morgan fingerprint density at radius 2 is 2.05 bits per heavy atom. The molecule has 6 N–H and O–H groups in total. The molecule has 10 nitrogen and oxygen atoms in total.